The Labute approximate surface area is 238 Å². The van der Waals surface area contributed by atoms with Gasteiger partial charge in [-0.2, -0.15) is 0 Å². The predicted octanol–water partition coefficient (Wildman–Crippen LogP) is 8.55. The minimum absolute atomic E-state index is 0.414. The van der Waals surface area contributed by atoms with Gasteiger partial charge in [0.15, 0.2) is 0 Å². The molecule has 1 saturated heterocycles. The molecule has 1 fully saturated rings. The number of halogens is 1. The lowest BCUT2D eigenvalue weighted by Crippen LogP contribution is -2.34. The molecule has 0 unspecified atom stereocenters. The molecule has 1 N–H and O–H groups in total. The van der Waals surface area contributed by atoms with Crippen LogP contribution in [-0.4, -0.2) is 34.5 Å². The number of rotatable bonds is 13. The number of unbranched alkanes of at least 4 members (excludes halogenated alkanes) is 2. The lowest BCUT2D eigenvalue weighted by Gasteiger charge is -2.32. The number of nitrogens with one attached hydrogen (secondary N) is 1. The molecule has 39 heavy (non-hydrogen) atoms. The summed E-state index contributed by atoms with van der Waals surface area (Å²) in [6.07, 6.45) is 11.6. The van der Waals surface area contributed by atoms with E-state index in [9.17, 15) is 0 Å². The van der Waals surface area contributed by atoms with Crippen LogP contribution in [-0.2, 0) is 19.4 Å². The maximum atomic E-state index is 5.97. The van der Waals surface area contributed by atoms with Gasteiger partial charge in [-0.25, -0.2) is 4.98 Å². The topological polar surface area (TPSA) is 41.2 Å². The van der Waals surface area contributed by atoms with Crippen LogP contribution in [0.25, 0.3) is 11.0 Å². The normalized spacial score (nSPS) is 14.7. The van der Waals surface area contributed by atoms with E-state index in [1.807, 2.05) is 24.3 Å². The van der Waals surface area contributed by atoms with Gasteiger partial charge < -0.3 is 14.6 Å². The van der Waals surface area contributed by atoms with E-state index in [0.717, 1.165) is 34.9 Å². The Kier molecular flexibility index (Phi) is 9.96. The zero-order chi connectivity index (χ0) is 26.9. The lowest BCUT2D eigenvalue weighted by atomic mass is 9.90. The van der Waals surface area contributed by atoms with Gasteiger partial charge in [-0.15, -0.1) is 0 Å². The van der Waals surface area contributed by atoms with Crippen LogP contribution in [0, 0.1) is 12.8 Å². The number of fused-ring (bicyclic) bond motifs is 1. The van der Waals surface area contributed by atoms with Gasteiger partial charge in [-0.05, 0) is 124 Å². The van der Waals surface area contributed by atoms with E-state index in [4.69, 9.17) is 21.3 Å². The van der Waals surface area contributed by atoms with Crippen LogP contribution in [0.5, 0.6) is 5.75 Å². The first-order chi connectivity index (χ1) is 19.1. The largest absolute Gasteiger partial charge is 0.486 e. The summed E-state index contributed by atoms with van der Waals surface area (Å²) in [5, 5.41) is 0.709. The van der Waals surface area contributed by atoms with E-state index in [0.29, 0.717) is 11.6 Å². The minimum Gasteiger partial charge on any atom is -0.486 e. The van der Waals surface area contributed by atoms with Crippen LogP contribution in [0.2, 0.25) is 5.02 Å². The van der Waals surface area contributed by atoms with E-state index in [2.05, 4.69) is 59.3 Å². The highest BCUT2D eigenvalue weighted by molar-refractivity contribution is 6.30. The summed E-state index contributed by atoms with van der Waals surface area (Å²) in [7, 11) is 0. The zero-order valence-electron chi connectivity index (χ0n) is 23.3. The van der Waals surface area contributed by atoms with Crippen molar-refractivity contribution < 1.29 is 4.74 Å². The summed E-state index contributed by atoms with van der Waals surface area (Å²) in [4.78, 5) is 11.0. The number of likely N-dealkylation sites (tertiary alicyclic amines) is 1. The number of hydrogen-bond donors (Lipinski definition) is 1. The molecular weight excluding hydrogens is 502 g/mol. The van der Waals surface area contributed by atoms with E-state index >= 15 is 0 Å². The number of ether oxygens (including phenoxy) is 1. The molecular formula is C34H42ClN3O. The van der Waals surface area contributed by atoms with Gasteiger partial charge in [0, 0.05) is 5.02 Å². The van der Waals surface area contributed by atoms with Gasteiger partial charge in [-0.1, -0.05) is 60.8 Å². The molecule has 0 aliphatic carbocycles. The summed E-state index contributed by atoms with van der Waals surface area (Å²) < 4.78 is 5.88. The zero-order valence-corrected chi connectivity index (χ0v) is 24.1. The van der Waals surface area contributed by atoms with E-state index in [1.54, 1.807) is 0 Å². The van der Waals surface area contributed by atoms with Crippen molar-refractivity contribution in [1.82, 2.24) is 14.9 Å². The van der Waals surface area contributed by atoms with E-state index in [-0.39, 0.29) is 0 Å². The van der Waals surface area contributed by atoms with Crippen LogP contribution >= 0.6 is 11.6 Å². The molecule has 4 aromatic rings. The van der Waals surface area contributed by atoms with Gasteiger partial charge in [0.25, 0.3) is 0 Å². The molecule has 1 aliphatic rings. The van der Waals surface area contributed by atoms with E-state index < -0.39 is 0 Å². The van der Waals surface area contributed by atoms with Gasteiger partial charge >= 0.3 is 0 Å². The SMILES string of the molecule is Cc1c(CCCC2CCN(CCCCCc3ccccc3)CC2)ccc2[nH]c(COc3ccc(Cl)cc3)nc12. The first kappa shape index (κ1) is 27.7. The smallest absolute Gasteiger partial charge is 0.146 e. The summed E-state index contributed by atoms with van der Waals surface area (Å²) in [6.45, 7) is 6.46. The lowest BCUT2D eigenvalue weighted by molar-refractivity contribution is 0.175. The minimum atomic E-state index is 0.414. The number of benzene rings is 3. The number of nitrogens with zero attached hydrogens (tertiary/aromatic N) is 2. The fraction of sp³-hybridized carbons (Fsp3) is 0.441. The second-order valence-electron chi connectivity index (χ2n) is 11.1. The van der Waals surface area contributed by atoms with Gasteiger partial charge in [0.05, 0.1) is 11.0 Å². The molecule has 2 heterocycles. The molecule has 0 spiro atoms. The second-order valence-corrected chi connectivity index (χ2v) is 11.6. The average molecular weight is 544 g/mol. The maximum absolute atomic E-state index is 5.97. The Morgan fingerprint density at radius 2 is 1.69 bits per heavy atom. The third-order valence-electron chi connectivity index (χ3n) is 8.31. The number of hydrogen-bond acceptors (Lipinski definition) is 3. The van der Waals surface area contributed by atoms with Gasteiger partial charge in [-0.3, -0.25) is 0 Å². The number of H-pyrrole nitrogens is 1. The Bertz CT molecular complexity index is 1290. The highest BCUT2D eigenvalue weighted by atomic mass is 35.5. The van der Waals surface area contributed by atoms with Crippen molar-refractivity contribution in [2.24, 2.45) is 5.92 Å². The number of imidazole rings is 1. The molecule has 0 bridgehead atoms. The summed E-state index contributed by atoms with van der Waals surface area (Å²) >= 11 is 5.97. The molecule has 5 heteroatoms. The Hall–Kier alpha value is -2.82. The molecule has 0 saturated carbocycles. The second kappa shape index (κ2) is 14.0. The Morgan fingerprint density at radius 1 is 0.897 bits per heavy atom. The molecule has 4 nitrogen and oxygen atoms in total. The summed E-state index contributed by atoms with van der Waals surface area (Å²) in [5.41, 5.74) is 6.34. The predicted molar refractivity (Wildman–Crippen MR) is 163 cm³/mol. The first-order valence-electron chi connectivity index (χ1n) is 14.8. The van der Waals surface area contributed by atoms with Crippen molar-refractivity contribution in [3.63, 3.8) is 0 Å². The van der Waals surface area contributed by atoms with Crippen molar-refractivity contribution in [3.8, 4) is 5.75 Å². The van der Waals surface area contributed by atoms with Crippen LogP contribution in [0.4, 0.5) is 0 Å². The van der Waals surface area contributed by atoms with Crippen molar-refractivity contribution >= 4 is 22.6 Å². The van der Waals surface area contributed by atoms with Crippen molar-refractivity contribution in [1.29, 1.82) is 0 Å². The summed E-state index contributed by atoms with van der Waals surface area (Å²) in [5.74, 6) is 2.52. The summed E-state index contributed by atoms with van der Waals surface area (Å²) in [6, 6.07) is 22.8. The van der Waals surface area contributed by atoms with Crippen LogP contribution in [0.3, 0.4) is 0 Å². The van der Waals surface area contributed by atoms with Gasteiger partial charge in [0.1, 0.15) is 18.2 Å². The highest BCUT2D eigenvalue weighted by Gasteiger charge is 2.19. The van der Waals surface area contributed by atoms with Crippen LogP contribution in [0.1, 0.15) is 67.5 Å². The third kappa shape index (κ3) is 8.09. The van der Waals surface area contributed by atoms with Crippen LogP contribution in [0.15, 0.2) is 66.7 Å². The first-order valence-corrected chi connectivity index (χ1v) is 15.1. The third-order valence-corrected chi connectivity index (χ3v) is 8.56. The van der Waals surface area contributed by atoms with Crippen molar-refractivity contribution in [2.75, 3.05) is 19.6 Å². The molecule has 1 aliphatic heterocycles. The number of aromatic nitrogens is 2. The van der Waals surface area contributed by atoms with Gasteiger partial charge in [0.2, 0.25) is 0 Å². The Morgan fingerprint density at radius 3 is 2.49 bits per heavy atom. The Balaban J connectivity index is 0.999. The standard InChI is InChI=1S/C34H42ClN3O/c1-26-29(14-19-32-34(26)37-33(36-32)25-39-31-17-15-30(35)16-18-31)13-8-12-28-20-23-38(24-21-28)22-7-3-6-11-27-9-4-2-5-10-27/h2,4-5,9-10,14-19,28H,3,6-8,11-13,20-25H2,1H3,(H,36,37). The maximum Gasteiger partial charge on any atom is 0.146 e. The molecule has 3 aromatic carbocycles. The fourth-order valence-electron chi connectivity index (χ4n) is 5.89. The number of aryl methyl sites for hydroxylation is 3. The fourth-order valence-corrected chi connectivity index (χ4v) is 6.02. The quantitative estimate of drug-likeness (QED) is 0.172. The number of aromatic amines is 1. The number of piperidine rings is 1. The molecule has 0 amide bonds. The van der Waals surface area contributed by atoms with Crippen molar-refractivity contribution in [3.05, 3.63) is 94.3 Å². The van der Waals surface area contributed by atoms with Crippen molar-refractivity contribution in [2.45, 2.75) is 71.3 Å². The van der Waals surface area contributed by atoms with E-state index in [1.165, 1.54) is 87.7 Å². The van der Waals surface area contributed by atoms with Crippen LogP contribution < -0.4 is 4.74 Å². The average Bonchev–Trinajstić information content (AvgIpc) is 3.39. The molecule has 0 atom stereocenters. The molecule has 5 rings (SSSR count). The molecule has 0 radical (unpaired) electrons. The molecule has 206 valence electrons. The monoisotopic (exact) mass is 543 g/mol. The highest BCUT2D eigenvalue weighted by Crippen LogP contribution is 2.26. The molecule has 1 aromatic heterocycles.